The Hall–Kier alpha value is -1.94. The quantitative estimate of drug-likeness (QED) is 0.696. The largest absolute Gasteiger partial charge is 0.326 e. The van der Waals surface area contributed by atoms with Crippen molar-refractivity contribution in [3.05, 3.63) is 52.4 Å². The van der Waals surface area contributed by atoms with Crippen LogP contribution in [0.1, 0.15) is 0 Å². The summed E-state index contributed by atoms with van der Waals surface area (Å²) in [5.41, 5.74) is 1.23. The molecule has 1 aromatic carbocycles. The van der Waals surface area contributed by atoms with Crippen LogP contribution in [0.3, 0.4) is 0 Å². The van der Waals surface area contributed by atoms with Crippen LogP contribution < -0.4 is 5.56 Å². The van der Waals surface area contributed by atoms with Crippen molar-refractivity contribution in [2.24, 2.45) is 0 Å². The van der Waals surface area contributed by atoms with Gasteiger partial charge in [-0.25, -0.2) is 4.98 Å². The number of rotatable bonds is 1. The molecule has 0 amide bonds. The van der Waals surface area contributed by atoms with E-state index in [4.69, 9.17) is 0 Å². The predicted molar refractivity (Wildman–Crippen MR) is 65.7 cm³/mol. The van der Waals surface area contributed by atoms with Crippen molar-refractivity contribution in [3.63, 3.8) is 0 Å². The third-order valence-electron chi connectivity index (χ3n) is 2.44. The van der Waals surface area contributed by atoms with Crippen molar-refractivity contribution >= 4 is 21.4 Å². The summed E-state index contributed by atoms with van der Waals surface area (Å²) in [5, 5.41) is 3.17. The summed E-state index contributed by atoms with van der Waals surface area (Å²) in [4.78, 5) is 18.5. The number of fused-ring (bicyclic) bond motifs is 1. The average molecular weight is 228 g/mol. The minimum absolute atomic E-state index is 0.150. The van der Waals surface area contributed by atoms with Crippen molar-refractivity contribution in [2.75, 3.05) is 0 Å². The molecule has 0 aliphatic carbocycles. The van der Waals surface area contributed by atoms with Crippen molar-refractivity contribution in [1.29, 1.82) is 0 Å². The molecule has 0 spiro atoms. The van der Waals surface area contributed by atoms with E-state index in [9.17, 15) is 4.79 Å². The van der Waals surface area contributed by atoms with Crippen molar-refractivity contribution < 1.29 is 0 Å². The van der Waals surface area contributed by atoms with Crippen LogP contribution in [0, 0.1) is 0 Å². The Morgan fingerprint density at radius 3 is 3.06 bits per heavy atom. The van der Waals surface area contributed by atoms with Gasteiger partial charge in [0, 0.05) is 22.7 Å². The molecule has 0 radical (unpaired) electrons. The molecular weight excluding hydrogens is 220 g/mol. The van der Waals surface area contributed by atoms with E-state index in [0.29, 0.717) is 5.69 Å². The van der Waals surface area contributed by atoms with E-state index in [-0.39, 0.29) is 5.56 Å². The number of aromatic amines is 1. The normalized spacial score (nSPS) is 10.8. The number of hydrogen-bond acceptors (Lipinski definition) is 3. The number of hydrogen-bond donors (Lipinski definition) is 1. The molecule has 3 nitrogen and oxygen atoms in total. The van der Waals surface area contributed by atoms with Gasteiger partial charge in [0.1, 0.15) is 5.69 Å². The molecule has 3 rings (SSSR count). The monoisotopic (exact) mass is 228 g/mol. The van der Waals surface area contributed by atoms with Gasteiger partial charge in [0.25, 0.3) is 5.56 Å². The number of benzene rings is 1. The Morgan fingerprint density at radius 2 is 2.19 bits per heavy atom. The van der Waals surface area contributed by atoms with Gasteiger partial charge in [0.05, 0.1) is 0 Å². The lowest BCUT2D eigenvalue weighted by Gasteiger charge is -2.00. The van der Waals surface area contributed by atoms with E-state index in [1.165, 1.54) is 0 Å². The lowest BCUT2D eigenvalue weighted by Crippen LogP contribution is -2.09. The summed E-state index contributed by atoms with van der Waals surface area (Å²) in [5.74, 6) is 0. The molecule has 4 heteroatoms. The molecule has 0 aliphatic heterocycles. The number of thiophene rings is 1. The average Bonchev–Trinajstić information content (AvgIpc) is 2.77. The van der Waals surface area contributed by atoms with Crippen LogP contribution in [-0.2, 0) is 0 Å². The van der Waals surface area contributed by atoms with Crippen molar-refractivity contribution in [1.82, 2.24) is 9.97 Å². The van der Waals surface area contributed by atoms with Crippen molar-refractivity contribution in [3.8, 4) is 11.3 Å². The van der Waals surface area contributed by atoms with Crippen molar-refractivity contribution in [2.45, 2.75) is 0 Å². The van der Waals surface area contributed by atoms with Crippen LogP contribution >= 0.6 is 11.3 Å². The second kappa shape index (κ2) is 3.57. The van der Waals surface area contributed by atoms with E-state index in [2.05, 4.69) is 9.97 Å². The molecule has 3 aromatic rings. The second-order valence-electron chi connectivity index (χ2n) is 3.41. The number of aromatic nitrogens is 2. The Morgan fingerprint density at radius 1 is 1.25 bits per heavy atom. The molecule has 2 heterocycles. The van der Waals surface area contributed by atoms with Gasteiger partial charge in [-0.1, -0.05) is 18.2 Å². The first-order chi connectivity index (χ1) is 7.86. The highest BCUT2D eigenvalue weighted by Gasteiger charge is 2.08. The van der Waals surface area contributed by atoms with Gasteiger partial charge >= 0.3 is 0 Å². The smallest absolute Gasteiger partial charge is 0.274 e. The second-order valence-corrected chi connectivity index (χ2v) is 4.33. The molecule has 0 saturated heterocycles. The van der Waals surface area contributed by atoms with E-state index < -0.39 is 0 Å². The van der Waals surface area contributed by atoms with Crippen LogP contribution in [0.15, 0.2) is 46.8 Å². The lowest BCUT2D eigenvalue weighted by molar-refractivity contribution is 1.15. The molecule has 0 saturated carbocycles. The van der Waals surface area contributed by atoms with E-state index in [0.717, 1.165) is 15.6 Å². The first kappa shape index (κ1) is 9.30. The maximum Gasteiger partial charge on any atom is 0.274 e. The number of nitrogens with one attached hydrogen (secondary N) is 1. The van der Waals surface area contributed by atoms with Gasteiger partial charge in [-0.3, -0.25) is 4.79 Å². The minimum Gasteiger partial charge on any atom is -0.326 e. The zero-order valence-electron chi connectivity index (χ0n) is 8.31. The van der Waals surface area contributed by atoms with Gasteiger partial charge < -0.3 is 4.98 Å². The van der Waals surface area contributed by atoms with E-state index >= 15 is 0 Å². The number of nitrogens with zero attached hydrogens (tertiary/aromatic N) is 1. The maximum absolute atomic E-state index is 11.7. The van der Waals surface area contributed by atoms with Crippen LogP contribution in [0.25, 0.3) is 21.3 Å². The lowest BCUT2D eigenvalue weighted by atomic mass is 10.1. The molecule has 2 aromatic heterocycles. The molecule has 1 N–H and O–H groups in total. The topological polar surface area (TPSA) is 45.8 Å². The Labute approximate surface area is 95.4 Å². The minimum atomic E-state index is -0.150. The first-order valence-electron chi connectivity index (χ1n) is 4.86. The van der Waals surface area contributed by atoms with Gasteiger partial charge in [0.2, 0.25) is 0 Å². The summed E-state index contributed by atoms with van der Waals surface area (Å²) in [6, 6.07) is 7.95. The fraction of sp³-hybridized carbons (Fsp3) is 0. The highest BCUT2D eigenvalue weighted by Crippen LogP contribution is 2.29. The van der Waals surface area contributed by atoms with E-state index in [1.807, 2.05) is 29.6 Å². The summed E-state index contributed by atoms with van der Waals surface area (Å²) in [6.07, 6.45) is 3.14. The zero-order chi connectivity index (χ0) is 11.0. The summed E-state index contributed by atoms with van der Waals surface area (Å²) in [7, 11) is 0. The predicted octanol–water partition coefficient (Wildman–Crippen LogP) is 2.65. The molecule has 0 atom stereocenters. The van der Waals surface area contributed by atoms with Crippen LogP contribution in [0.2, 0.25) is 0 Å². The third-order valence-corrected chi connectivity index (χ3v) is 3.41. The Kier molecular flexibility index (Phi) is 2.08. The molecule has 16 heavy (non-hydrogen) atoms. The van der Waals surface area contributed by atoms with E-state index in [1.54, 1.807) is 23.7 Å². The SMILES string of the molecule is O=c1[nH]ccnc1-c1cccc2ccsc12. The van der Waals surface area contributed by atoms with Crippen LogP contribution in [0.5, 0.6) is 0 Å². The highest BCUT2D eigenvalue weighted by molar-refractivity contribution is 7.17. The molecule has 0 aliphatic rings. The maximum atomic E-state index is 11.7. The third kappa shape index (κ3) is 1.35. The van der Waals surface area contributed by atoms with Gasteiger partial charge in [-0.05, 0) is 16.8 Å². The van der Waals surface area contributed by atoms with Gasteiger partial charge in [-0.15, -0.1) is 11.3 Å². The zero-order valence-corrected chi connectivity index (χ0v) is 9.12. The standard InChI is InChI=1S/C12H8N2OS/c15-12-10(13-5-6-14-12)9-3-1-2-8-4-7-16-11(8)9/h1-7H,(H,14,15). The molecule has 0 unspecified atom stereocenters. The number of H-pyrrole nitrogens is 1. The van der Waals surface area contributed by atoms with Crippen LogP contribution in [-0.4, -0.2) is 9.97 Å². The summed E-state index contributed by atoms with van der Waals surface area (Å²) in [6.45, 7) is 0. The Bertz CT molecular complexity index is 699. The van der Waals surface area contributed by atoms with Crippen LogP contribution in [0.4, 0.5) is 0 Å². The Balaban J connectivity index is 2.39. The molecular formula is C12H8N2OS. The molecule has 0 bridgehead atoms. The molecule has 0 fully saturated rings. The summed E-state index contributed by atoms with van der Waals surface area (Å²) >= 11 is 1.62. The first-order valence-corrected chi connectivity index (χ1v) is 5.74. The summed E-state index contributed by atoms with van der Waals surface area (Å²) < 4.78 is 1.10. The fourth-order valence-electron chi connectivity index (χ4n) is 1.72. The fourth-order valence-corrected chi connectivity index (χ4v) is 2.64. The van der Waals surface area contributed by atoms with Gasteiger partial charge in [-0.2, -0.15) is 0 Å². The molecule has 78 valence electrons. The highest BCUT2D eigenvalue weighted by atomic mass is 32.1. The van der Waals surface area contributed by atoms with Gasteiger partial charge in [0.15, 0.2) is 0 Å².